The highest BCUT2D eigenvalue weighted by atomic mass is 35.5. The maximum atomic E-state index is 9.31. The van der Waals surface area contributed by atoms with Crippen molar-refractivity contribution in [2.75, 3.05) is 0 Å². The van der Waals surface area contributed by atoms with Crippen LogP contribution in [0, 0.1) is 18.3 Å². The van der Waals surface area contributed by atoms with Gasteiger partial charge in [-0.25, -0.2) is 0 Å². The zero-order valence-electron chi connectivity index (χ0n) is 6.63. The molecule has 1 aromatic rings. The molecule has 0 heterocycles. The second kappa shape index (κ2) is 3.46. The van der Waals surface area contributed by atoms with Crippen LogP contribution >= 0.6 is 11.6 Å². The lowest BCUT2D eigenvalue weighted by atomic mass is 10.1. The Morgan fingerprint density at radius 1 is 1.58 bits per heavy atom. The molecule has 12 heavy (non-hydrogen) atoms. The smallest absolute Gasteiger partial charge is 0.120 e. The number of halogens is 1. The molecule has 1 rings (SSSR count). The van der Waals surface area contributed by atoms with E-state index in [1.165, 1.54) is 0 Å². The van der Waals surface area contributed by atoms with Crippen molar-refractivity contribution >= 4 is 11.6 Å². The highest BCUT2D eigenvalue weighted by Crippen LogP contribution is 2.26. The number of phenols is 1. The Hall–Kier alpha value is -1.20. The normalized spacial score (nSPS) is 9.42. The number of phenolic OH excluding ortho intramolecular Hbond substituents is 1. The van der Waals surface area contributed by atoms with Gasteiger partial charge >= 0.3 is 0 Å². The van der Waals surface area contributed by atoms with Crippen molar-refractivity contribution in [1.82, 2.24) is 0 Å². The summed E-state index contributed by atoms with van der Waals surface area (Å²) in [5.74, 6) is 0.146. The molecule has 0 saturated carbocycles. The van der Waals surface area contributed by atoms with E-state index in [9.17, 15) is 5.11 Å². The van der Waals surface area contributed by atoms with Crippen LogP contribution < -0.4 is 0 Å². The predicted octanol–water partition coefficient (Wildman–Crippen LogP) is 2.42. The number of nitriles is 1. The first-order valence-electron chi connectivity index (χ1n) is 3.50. The Kier molecular flexibility index (Phi) is 2.57. The van der Waals surface area contributed by atoms with Crippen LogP contribution in [0.1, 0.15) is 11.1 Å². The third kappa shape index (κ3) is 1.69. The van der Waals surface area contributed by atoms with Gasteiger partial charge in [-0.05, 0) is 24.6 Å². The summed E-state index contributed by atoms with van der Waals surface area (Å²) in [5, 5.41) is 18.2. The van der Waals surface area contributed by atoms with Crippen molar-refractivity contribution in [3.63, 3.8) is 0 Å². The molecule has 1 aromatic carbocycles. The van der Waals surface area contributed by atoms with Crippen LogP contribution in [0.15, 0.2) is 12.1 Å². The molecule has 0 aliphatic carbocycles. The van der Waals surface area contributed by atoms with Gasteiger partial charge in [-0.3, -0.25) is 0 Å². The lowest BCUT2D eigenvalue weighted by Gasteiger charge is -2.03. The number of nitrogens with zero attached hydrogens (tertiary/aromatic N) is 1. The predicted molar refractivity (Wildman–Crippen MR) is 47.2 cm³/mol. The molecule has 0 bridgehead atoms. The molecule has 0 radical (unpaired) electrons. The van der Waals surface area contributed by atoms with Crippen LogP contribution in [0.3, 0.4) is 0 Å². The van der Waals surface area contributed by atoms with Gasteiger partial charge in [-0.15, -0.1) is 0 Å². The zero-order chi connectivity index (χ0) is 9.14. The SMILES string of the molecule is Cc1c(O)cc(CC#N)cc1Cl. The van der Waals surface area contributed by atoms with E-state index >= 15 is 0 Å². The van der Waals surface area contributed by atoms with Crippen molar-refractivity contribution < 1.29 is 5.11 Å². The Labute approximate surface area is 76.0 Å². The summed E-state index contributed by atoms with van der Waals surface area (Å²) in [6, 6.07) is 5.24. The first-order valence-corrected chi connectivity index (χ1v) is 3.88. The van der Waals surface area contributed by atoms with Gasteiger partial charge in [0.1, 0.15) is 5.75 Å². The van der Waals surface area contributed by atoms with E-state index in [2.05, 4.69) is 0 Å². The molecular weight excluding hydrogens is 174 g/mol. The number of benzene rings is 1. The third-order valence-corrected chi connectivity index (χ3v) is 2.05. The van der Waals surface area contributed by atoms with Gasteiger partial charge in [0.25, 0.3) is 0 Å². The van der Waals surface area contributed by atoms with Crippen molar-refractivity contribution in [2.45, 2.75) is 13.3 Å². The average Bonchev–Trinajstić information content (AvgIpc) is 2.01. The maximum Gasteiger partial charge on any atom is 0.120 e. The molecule has 0 aliphatic heterocycles. The largest absolute Gasteiger partial charge is 0.508 e. The summed E-state index contributed by atoms with van der Waals surface area (Å²) in [7, 11) is 0. The Balaban J connectivity index is 3.14. The summed E-state index contributed by atoms with van der Waals surface area (Å²) in [6.07, 6.45) is 0.271. The van der Waals surface area contributed by atoms with Crippen molar-refractivity contribution in [3.05, 3.63) is 28.3 Å². The van der Waals surface area contributed by atoms with Crippen molar-refractivity contribution in [1.29, 1.82) is 5.26 Å². The number of rotatable bonds is 1. The van der Waals surface area contributed by atoms with Gasteiger partial charge in [-0.1, -0.05) is 11.6 Å². The second-order valence-corrected chi connectivity index (χ2v) is 2.96. The molecule has 3 heteroatoms. The minimum atomic E-state index is 0.146. The van der Waals surface area contributed by atoms with Crippen molar-refractivity contribution in [2.24, 2.45) is 0 Å². The van der Waals surface area contributed by atoms with E-state index in [1.54, 1.807) is 19.1 Å². The van der Waals surface area contributed by atoms with E-state index in [-0.39, 0.29) is 12.2 Å². The molecule has 0 spiro atoms. The molecule has 0 amide bonds. The summed E-state index contributed by atoms with van der Waals surface area (Å²) < 4.78 is 0. The first kappa shape index (κ1) is 8.89. The fourth-order valence-corrected chi connectivity index (χ4v) is 1.15. The molecule has 0 aliphatic rings. The lowest BCUT2D eigenvalue weighted by molar-refractivity contribution is 0.470. The molecule has 1 N–H and O–H groups in total. The van der Waals surface area contributed by atoms with Crippen LogP contribution in [0.25, 0.3) is 0 Å². The zero-order valence-corrected chi connectivity index (χ0v) is 7.39. The summed E-state index contributed by atoms with van der Waals surface area (Å²) in [4.78, 5) is 0. The van der Waals surface area contributed by atoms with Crippen LogP contribution in [0.2, 0.25) is 5.02 Å². The van der Waals surface area contributed by atoms with Gasteiger partial charge in [0, 0.05) is 10.6 Å². The molecule has 2 nitrogen and oxygen atoms in total. The average molecular weight is 182 g/mol. The van der Waals surface area contributed by atoms with Gasteiger partial charge < -0.3 is 5.11 Å². The maximum absolute atomic E-state index is 9.31. The van der Waals surface area contributed by atoms with E-state index < -0.39 is 0 Å². The summed E-state index contributed by atoms with van der Waals surface area (Å²) >= 11 is 5.79. The Bertz CT molecular complexity index is 318. The van der Waals surface area contributed by atoms with Gasteiger partial charge in [0.2, 0.25) is 0 Å². The topological polar surface area (TPSA) is 44.0 Å². The summed E-state index contributed by atoms with van der Waals surface area (Å²) in [6.45, 7) is 1.73. The second-order valence-electron chi connectivity index (χ2n) is 2.56. The number of hydrogen-bond donors (Lipinski definition) is 1. The van der Waals surface area contributed by atoms with E-state index in [1.807, 2.05) is 6.07 Å². The van der Waals surface area contributed by atoms with E-state index in [0.29, 0.717) is 10.6 Å². The molecule has 0 unspecified atom stereocenters. The van der Waals surface area contributed by atoms with Crippen molar-refractivity contribution in [3.8, 4) is 11.8 Å². The van der Waals surface area contributed by atoms with Gasteiger partial charge in [0.15, 0.2) is 0 Å². The van der Waals surface area contributed by atoms with Gasteiger partial charge in [0.05, 0.1) is 12.5 Å². The highest BCUT2D eigenvalue weighted by molar-refractivity contribution is 6.31. The number of hydrogen-bond acceptors (Lipinski definition) is 2. The molecule has 0 saturated heterocycles. The Morgan fingerprint density at radius 3 is 2.75 bits per heavy atom. The van der Waals surface area contributed by atoms with Crippen LogP contribution in [-0.4, -0.2) is 5.11 Å². The van der Waals surface area contributed by atoms with E-state index in [4.69, 9.17) is 16.9 Å². The minimum Gasteiger partial charge on any atom is -0.508 e. The monoisotopic (exact) mass is 181 g/mol. The molecular formula is C9H8ClNO. The molecule has 62 valence electrons. The van der Waals surface area contributed by atoms with Crippen LogP contribution in [0.5, 0.6) is 5.75 Å². The molecule has 0 fully saturated rings. The van der Waals surface area contributed by atoms with E-state index in [0.717, 1.165) is 5.56 Å². The Morgan fingerprint density at radius 2 is 2.25 bits per heavy atom. The number of aromatic hydroxyl groups is 1. The standard InChI is InChI=1S/C9H8ClNO/c1-6-8(10)4-7(2-3-11)5-9(6)12/h4-5,12H,2H2,1H3. The third-order valence-electron chi connectivity index (χ3n) is 1.66. The lowest BCUT2D eigenvalue weighted by Crippen LogP contribution is -1.84. The minimum absolute atomic E-state index is 0.146. The molecule has 0 atom stereocenters. The van der Waals surface area contributed by atoms with Crippen LogP contribution in [0.4, 0.5) is 0 Å². The molecule has 0 aromatic heterocycles. The fourth-order valence-electron chi connectivity index (χ4n) is 0.912. The van der Waals surface area contributed by atoms with Crippen LogP contribution in [-0.2, 0) is 6.42 Å². The fraction of sp³-hybridized carbons (Fsp3) is 0.222. The first-order chi connectivity index (χ1) is 5.65. The quantitative estimate of drug-likeness (QED) is 0.723. The summed E-state index contributed by atoms with van der Waals surface area (Å²) in [5.41, 5.74) is 1.39. The highest BCUT2D eigenvalue weighted by Gasteiger charge is 2.03. The van der Waals surface area contributed by atoms with Gasteiger partial charge in [-0.2, -0.15) is 5.26 Å².